The van der Waals surface area contributed by atoms with Gasteiger partial charge in [-0.15, -0.1) is 0 Å². The van der Waals surface area contributed by atoms with E-state index in [4.69, 9.17) is 8.85 Å². The Labute approximate surface area is 106 Å². The van der Waals surface area contributed by atoms with Crippen LogP contribution in [0.2, 0.25) is 0 Å². The van der Waals surface area contributed by atoms with Gasteiger partial charge in [0.25, 0.3) is 0 Å². The van der Waals surface area contributed by atoms with Gasteiger partial charge in [0, 0.05) is 13.2 Å². The van der Waals surface area contributed by atoms with Crippen LogP contribution in [0, 0.1) is 0 Å². The molecule has 0 saturated heterocycles. The van der Waals surface area contributed by atoms with E-state index in [0.717, 1.165) is 26.1 Å². The molecule has 1 aromatic carbocycles. The fourth-order valence-electron chi connectivity index (χ4n) is 1.38. The number of rotatable bonds is 8. The molecule has 0 aromatic heterocycles. The molecule has 1 rings (SSSR count). The molecule has 2 nitrogen and oxygen atoms in total. The highest BCUT2D eigenvalue weighted by atomic mass is 28.3. The molecular weight excluding hydrogens is 228 g/mol. The van der Waals surface area contributed by atoms with Gasteiger partial charge in [-0.05, 0) is 24.1 Å². The third-order valence-electron chi connectivity index (χ3n) is 2.22. The molecule has 0 fully saturated rings. The van der Waals surface area contributed by atoms with E-state index in [1.54, 1.807) is 0 Å². The van der Waals surface area contributed by atoms with E-state index in [1.807, 2.05) is 18.2 Å². The summed E-state index contributed by atoms with van der Waals surface area (Å²) in [5.74, 6) is 0. The van der Waals surface area contributed by atoms with Crippen LogP contribution in [-0.2, 0) is 8.85 Å². The lowest BCUT2D eigenvalue weighted by molar-refractivity contribution is 0.206. The largest absolute Gasteiger partial charge is 0.394 e. The van der Waals surface area contributed by atoms with E-state index in [0.29, 0.717) is 0 Å². The highest BCUT2D eigenvalue weighted by molar-refractivity contribution is 6.51. The smallest absolute Gasteiger partial charge is 0.348 e. The SMILES string of the molecule is CCCO[SiH](C=Cc1ccccc1)OCCC. The lowest BCUT2D eigenvalue weighted by atomic mass is 10.2. The van der Waals surface area contributed by atoms with Gasteiger partial charge < -0.3 is 8.85 Å². The molecule has 17 heavy (non-hydrogen) atoms. The van der Waals surface area contributed by atoms with E-state index < -0.39 is 9.28 Å². The van der Waals surface area contributed by atoms with Gasteiger partial charge in [-0.2, -0.15) is 0 Å². The molecule has 94 valence electrons. The molecule has 0 aliphatic heterocycles. The van der Waals surface area contributed by atoms with Crippen molar-refractivity contribution in [2.75, 3.05) is 13.2 Å². The van der Waals surface area contributed by atoms with Gasteiger partial charge in [0.1, 0.15) is 0 Å². The molecule has 0 aliphatic carbocycles. The summed E-state index contributed by atoms with van der Waals surface area (Å²) in [5.41, 5.74) is 3.31. The third kappa shape index (κ3) is 6.41. The molecule has 0 amide bonds. The molecule has 0 N–H and O–H groups in total. The fraction of sp³-hybridized carbons (Fsp3) is 0.429. The molecule has 0 spiro atoms. The number of benzene rings is 1. The quantitative estimate of drug-likeness (QED) is 0.659. The molecule has 0 heterocycles. The Morgan fingerprint density at radius 3 is 2.12 bits per heavy atom. The van der Waals surface area contributed by atoms with Crippen LogP contribution in [0.1, 0.15) is 32.3 Å². The van der Waals surface area contributed by atoms with Crippen LogP contribution in [0.3, 0.4) is 0 Å². The Balaban J connectivity index is 2.49. The van der Waals surface area contributed by atoms with Crippen LogP contribution in [-0.4, -0.2) is 22.5 Å². The Kier molecular flexibility index (Phi) is 7.63. The summed E-state index contributed by atoms with van der Waals surface area (Å²) in [7, 11) is -1.62. The molecular formula is C14H22O2Si. The summed E-state index contributed by atoms with van der Waals surface area (Å²) in [6.07, 6.45) is 4.18. The van der Waals surface area contributed by atoms with E-state index in [-0.39, 0.29) is 0 Å². The molecule has 0 bridgehead atoms. The first kappa shape index (κ1) is 14.2. The first-order valence-corrected chi connectivity index (χ1v) is 7.94. The monoisotopic (exact) mass is 250 g/mol. The minimum Gasteiger partial charge on any atom is -0.394 e. The van der Waals surface area contributed by atoms with Gasteiger partial charge in [-0.3, -0.25) is 0 Å². The number of hydrogen-bond donors (Lipinski definition) is 0. The van der Waals surface area contributed by atoms with Crippen molar-refractivity contribution >= 4 is 15.4 Å². The van der Waals surface area contributed by atoms with Crippen LogP contribution < -0.4 is 0 Å². The maximum Gasteiger partial charge on any atom is 0.348 e. The predicted molar refractivity (Wildman–Crippen MR) is 75.1 cm³/mol. The summed E-state index contributed by atoms with van der Waals surface area (Å²) in [5, 5.41) is 0. The van der Waals surface area contributed by atoms with E-state index in [1.165, 1.54) is 5.56 Å². The van der Waals surface area contributed by atoms with Crippen LogP contribution in [0.4, 0.5) is 0 Å². The first-order chi connectivity index (χ1) is 8.36. The standard InChI is InChI=1S/C14H22O2Si/c1-3-11-15-17(16-12-4-2)13-10-14-8-6-5-7-9-14/h5-10,13,17H,3-4,11-12H2,1-2H3. The normalized spacial score (nSPS) is 11.5. The second-order valence-corrected chi connectivity index (χ2v) is 5.67. The lowest BCUT2D eigenvalue weighted by Crippen LogP contribution is -2.21. The first-order valence-electron chi connectivity index (χ1n) is 6.33. The average Bonchev–Trinajstić information content (AvgIpc) is 2.39. The van der Waals surface area contributed by atoms with Gasteiger partial charge in [-0.25, -0.2) is 0 Å². The maximum absolute atomic E-state index is 5.74. The van der Waals surface area contributed by atoms with Crippen molar-refractivity contribution in [3.63, 3.8) is 0 Å². The van der Waals surface area contributed by atoms with E-state index >= 15 is 0 Å². The Morgan fingerprint density at radius 1 is 1.00 bits per heavy atom. The highest BCUT2D eigenvalue weighted by Crippen LogP contribution is 2.03. The topological polar surface area (TPSA) is 18.5 Å². The molecule has 0 aliphatic rings. The maximum atomic E-state index is 5.74. The van der Waals surface area contributed by atoms with Crippen molar-refractivity contribution < 1.29 is 8.85 Å². The van der Waals surface area contributed by atoms with Gasteiger partial charge in [0.05, 0.1) is 0 Å². The highest BCUT2D eigenvalue weighted by Gasteiger charge is 2.07. The van der Waals surface area contributed by atoms with Crippen molar-refractivity contribution in [3.05, 3.63) is 41.6 Å². The second-order valence-electron chi connectivity index (χ2n) is 3.88. The van der Waals surface area contributed by atoms with Crippen LogP contribution in [0.15, 0.2) is 36.0 Å². The Bertz CT molecular complexity index is 303. The zero-order valence-electron chi connectivity index (χ0n) is 10.8. The minimum absolute atomic E-state index is 0.791. The van der Waals surface area contributed by atoms with Crippen molar-refractivity contribution in [3.8, 4) is 0 Å². The average molecular weight is 250 g/mol. The molecule has 0 unspecified atom stereocenters. The molecule has 1 aromatic rings. The van der Waals surface area contributed by atoms with Crippen LogP contribution in [0.25, 0.3) is 6.08 Å². The van der Waals surface area contributed by atoms with Gasteiger partial charge in [0.15, 0.2) is 0 Å². The van der Waals surface area contributed by atoms with Crippen LogP contribution >= 0.6 is 0 Å². The van der Waals surface area contributed by atoms with Gasteiger partial charge >= 0.3 is 9.28 Å². The summed E-state index contributed by atoms with van der Waals surface area (Å²) in [4.78, 5) is 0. The van der Waals surface area contributed by atoms with Crippen molar-refractivity contribution in [2.45, 2.75) is 26.7 Å². The summed E-state index contributed by atoms with van der Waals surface area (Å²) < 4.78 is 11.5. The zero-order valence-corrected chi connectivity index (χ0v) is 11.9. The zero-order chi connectivity index (χ0) is 12.3. The molecule has 0 atom stereocenters. The molecule has 0 radical (unpaired) electrons. The van der Waals surface area contributed by atoms with Crippen molar-refractivity contribution in [1.29, 1.82) is 0 Å². The number of hydrogen-bond acceptors (Lipinski definition) is 2. The lowest BCUT2D eigenvalue weighted by Gasteiger charge is -2.12. The van der Waals surface area contributed by atoms with Crippen LogP contribution in [0.5, 0.6) is 0 Å². The van der Waals surface area contributed by atoms with Crippen molar-refractivity contribution in [2.24, 2.45) is 0 Å². The molecule has 0 saturated carbocycles. The predicted octanol–water partition coefficient (Wildman–Crippen LogP) is 3.31. The third-order valence-corrected chi connectivity index (χ3v) is 3.85. The van der Waals surface area contributed by atoms with Gasteiger partial charge in [0.2, 0.25) is 0 Å². The van der Waals surface area contributed by atoms with Gasteiger partial charge in [-0.1, -0.05) is 50.3 Å². The summed E-state index contributed by atoms with van der Waals surface area (Å²) in [6.45, 7) is 5.82. The minimum atomic E-state index is -1.62. The Hall–Kier alpha value is -0.903. The van der Waals surface area contributed by atoms with E-state index in [2.05, 4.69) is 37.8 Å². The Morgan fingerprint density at radius 2 is 1.59 bits per heavy atom. The summed E-state index contributed by atoms with van der Waals surface area (Å²) >= 11 is 0. The second kappa shape index (κ2) is 9.16. The van der Waals surface area contributed by atoms with Crippen molar-refractivity contribution in [1.82, 2.24) is 0 Å². The fourth-order valence-corrected chi connectivity index (χ4v) is 3.01. The summed E-state index contributed by atoms with van der Waals surface area (Å²) in [6, 6.07) is 10.3. The van der Waals surface area contributed by atoms with E-state index in [9.17, 15) is 0 Å². The molecule has 3 heteroatoms.